The Kier molecular flexibility index (Phi) is 6.07. The normalized spacial score (nSPS) is 28.6. The molecule has 1 heterocycles. The number of ether oxygens (including phenoxy) is 1. The van der Waals surface area contributed by atoms with Crippen LogP contribution in [0.1, 0.15) is 65.2 Å². The van der Waals surface area contributed by atoms with Crippen LogP contribution in [0.2, 0.25) is 0 Å². The summed E-state index contributed by atoms with van der Waals surface area (Å²) in [7, 11) is 0. The number of rotatable bonds is 7. The van der Waals surface area contributed by atoms with E-state index in [9.17, 15) is 9.59 Å². The van der Waals surface area contributed by atoms with Crippen LogP contribution in [-0.2, 0) is 14.3 Å². The first-order chi connectivity index (χ1) is 10.2. The maximum absolute atomic E-state index is 12.5. The predicted octanol–water partition coefficient (Wildman–Crippen LogP) is 3.15. The Balaban J connectivity index is 1.88. The summed E-state index contributed by atoms with van der Waals surface area (Å²) < 4.78 is 5.27. The van der Waals surface area contributed by atoms with Crippen LogP contribution in [0.3, 0.4) is 0 Å². The molecule has 2 aliphatic rings. The molecular formula is C17H29NO3. The molecule has 3 atom stereocenters. The van der Waals surface area contributed by atoms with Gasteiger partial charge in [0.1, 0.15) is 6.54 Å². The van der Waals surface area contributed by atoms with E-state index in [-0.39, 0.29) is 30.4 Å². The molecule has 0 bridgehead atoms. The molecule has 120 valence electrons. The fourth-order valence-corrected chi connectivity index (χ4v) is 3.98. The molecule has 2 rings (SSSR count). The molecule has 1 saturated carbocycles. The van der Waals surface area contributed by atoms with Gasteiger partial charge in [-0.3, -0.25) is 9.59 Å². The molecule has 0 N–H and O–H groups in total. The van der Waals surface area contributed by atoms with Crippen LogP contribution in [0.15, 0.2) is 0 Å². The summed E-state index contributed by atoms with van der Waals surface area (Å²) in [6, 6.07) is 0.242. The number of fused-ring (bicyclic) bond motifs is 1. The van der Waals surface area contributed by atoms with Gasteiger partial charge in [-0.1, -0.05) is 39.5 Å². The fourth-order valence-electron chi connectivity index (χ4n) is 3.98. The first-order valence-electron chi connectivity index (χ1n) is 8.65. The Morgan fingerprint density at radius 2 is 2.00 bits per heavy atom. The third kappa shape index (κ3) is 3.78. The quantitative estimate of drug-likeness (QED) is 0.535. The average Bonchev–Trinajstić information content (AvgIpc) is 2.76. The SMILES string of the molecule is CCCCCOC(=O)CN1C(=O)[C@@H]2CCCC[C@H]2[C@@H]1CC. The molecule has 1 aliphatic heterocycles. The second-order valence-corrected chi connectivity index (χ2v) is 6.42. The van der Waals surface area contributed by atoms with Gasteiger partial charge in [0.15, 0.2) is 0 Å². The van der Waals surface area contributed by atoms with Crippen LogP contribution in [0.5, 0.6) is 0 Å². The number of hydrogen-bond acceptors (Lipinski definition) is 3. The maximum atomic E-state index is 12.5. The van der Waals surface area contributed by atoms with Gasteiger partial charge in [0.05, 0.1) is 6.61 Å². The first kappa shape index (κ1) is 16.3. The molecule has 0 spiro atoms. The van der Waals surface area contributed by atoms with Crippen molar-refractivity contribution in [2.45, 2.75) is 71.3 Å². The minimum Gasteiger partial charge on any atom is -0.464 e. The number of esters is 1. The van der Waals surface area contributed by atoms with E-state index in [1.807, 2.05) is 4.90 Å². The number of likely N-dealkylation sites (tertiary alicyclic amines) is 1. The molecule has 0 aromatic carbocycles. The molecule has 1 amide bonds. The zero-order valence-electron chi connectivity index (χ0n) is 13.5. The van der Waals surface area contributed by atoms with Crippen LogP contribution in [0.25, 0.3) is 0 Å². The summed E-state index contributed by atoms with van der Waals surface area (Å²) in [4.78, 5) is 26.3. The van der Waals surface area contributed by atoms with E-state index in [1.165, 1.54) is 6.42 Å². The van der Waals surface area contributed by atoms with Crippen LogP contribution in [0, 0.1) is 11.8 Å². The minimum absolute atomic E-state index is 0.149. The van der Waals surface area contributed by atoms with Crippen molar-refractivity contribution in [3.63, 3.8) is 0 Å². The number of hydrogen-bond donors (Lipinski definition) is 0. The highest BCUT2D eigenvalue weighted by Crippen LogP contribution is 2.42. The largest absolute Gasteiger partial charge is 0.464 e. The molecule has 0 aromatic rings. The van der Waals surface area contributed by atoms with Gasteiger partial charge in [-0.15, -0.1) is 0 Å². The van der Waals surface area contributed by atoms with E-state index >= 15 is 0 Å². The molecular weight excluding hydrogens is 266 g/mol. The Labute approximate surface area is 128 Å². The van der Waals surface area contributed by atoms with Crippen molar-refractivity contribution < 1.29 is 14.3 Å². The van der Waals surface area contributed by atoms with Crippen molar-refractivity contribution in [1.29, 1.82) is 0 Å². The Morgan fingerprint density at radius 3 is 2.71 bits per heavy atom. The number of amides is 1. The van der Waals surface area contributed by atoms with E-state index < -0.39 is 0 Å². The maximum Gasteiger partial charge on any atom is 0.325 e. The smallest absolute Gasteiger partial charge is 0.325 e. The van der Waals surface area contributed by atoms with Crippen molar-refractivity contribution in [3.8, 4) is 0 Å². The Morgan fingerprint density at radius 1 is 1.24 bits per heavy atom. The minimum atomic E-state index is -0.239. The van der Waals surface area contributed by atoms with Gasteiger partial charge in [-0.2, -0.15) is 0 Å². The van der Waals surface area contributed by atoms with Crippen molar-refractivity contribution in [3.05, 3.63) is 0 Å². The van der Waals surface area contributed by atoms with Crippen molar-refractivity contribution in [2.75, 3.05) is 13.2 Å². The highest BCUT2D eigenvalue weighted by atomic mass is 16.5. The molecule has 2 fully saturated rings. The first-order valence-corrected chi connectivity index (χ1v) is 8.65. The fraction of sp³-hybridized carbons (Fsp3) is 0.882. The second kappa shape index (κ2) is 7.81. The molecule has 4 heteroatoms. The summed E-state index contributed by atoms with van der Waals surface area (Å²) in [5, 5.41) is 0. The zero-order valence-corrected chi connectivity index (χ0v) is 13.5. The monoisotopic (exact) mass is 295 g/mol. The number of nitrogens with zero attached hydrogens (tertiary/aromatic N) is 1. The van der Waals surface area contributed by atoms with Gasteiger partial charge in [0, 0.05) is 12.0 Å². The van der Waals surface area contributed by atoms with Crippen LogP contribution in [0.4, 0.5) is 0 Å². The van der Waals surface area contributed by atoms with E-state index in [0.29, 0.717) is 12.5 Å². The molecule has 4 nitrogen and oxygen atoms in total. The van der Waals surface area contributed by atoms with Gasteiger partial charge in [-0.05, 0) is 31.6 Å². The van der Waals surface area contributed by atoms with Crippen LogP contribution >= 0.6 is 0 Å². The van der Waals surface area contributed by atoms with Crippen LogP contribution < -0.4 is 0 Å². The van der Waals surface area contributed by atoms with E-state index in [1.54, 1.807) is 0 Å². The summed E-state index contributed by atoms with van der Waals surface area (Å²) in [6.45, 7) is 4.88. The topological polar surface area (TPSA) is 46.6 Å². The van der Waals surface area contributed by atoms with Crippen molar-refractivity contribution in [1.82, 2.24) is 4.90 Å². The molecule has 21 heavy (non-hydrogen) atoms. The second-order valence-electron chi connectivity index (χ2n) is 6.42. The summed E-state index contributed by atoms with van der Waals surface area (Å²) in [5.74, 6) is 0.578. The van der Waals surface area contributed by atoms with Gasteiger partial charge < -0.3 is 9.64 Å². The van der Waals surface area contributed by atoms with Gasteiger partial charge >= 0.3 is 5.97 Å². The van der Waals surface area contributed by atoms with Crippen LogP contribution in [-0.4, -0.2) is 36.0 Å². The summed E-state index contributed by atoms with van der Waals surface area (Å²) in [5.41, 5.74) is 0. The molecule has 0 unspecified atom stereocenters. The zero-order chi connectivity index (χ0) is 15.2. The Bertz CT molecular complexity index is 369. The molecule has 1 aliphatic carbocycles. The number of carbonyl (C=O) groups excluding carboxylic acids is 2. The van der Waals surface area contributed by atoms with E-state index in [4.69, 9.17) is 4.74 Å². The third-order valence-corrected chi connectivity index (χ3v) is 5.04. The summed E-state index contributed by atoms with van der Waals surface area (Å²) >= 11 is 0. The van der Waals surface area contributed by atoms with Gasteiger partial charge in [0.2, 0.25) is 5.91 Å². The molecule has 1 saturated heterocycles. The lowest BCUT2D eigenvalue weighted by atomic mass is 9.78. The lowest BCUT2D eigenvalue weighted by molar-refractivity contribution is -0.149. The Hall–Kier alpha value is -1.06. The predicted molar refractivity (Wildman–Crippen MR) is 81.7 cm³/mol. The van der Waals surface area contributed by atoms with E-state index in [0.717, 1.165) is 44.9 Å². The lowest BCUT2D eigenvalue weighted by Crippen LogP contribution is -2.39. The van der Waals surface area contributed by atoms with Crippen molar-refractivity contribution in [2.24, 2.45) is 11.8 Å². The van der Waals surface area contributed by atoms with Gasteiger partial charge in [-0.25, -0.2) is 0 Å². The highest BCUT2D eigenvalue weighted by Gasteiger charge is 2.48. The average molecular weight is 295 g/mol. The van der Waals surface area contributed by atoms with Gasteiger partial charge in [0.25, 0.3) is 0 Å². The lowest BCUT2D eigenvalue weighted by Gasteiger charge is -2.28. The summed E-state index contributed by atoms with van der Waals surface area (Å²) in [6.07, 6.45) is 8.56. The highest BCUT2D eigenvalue weighted by molar-refractivity contribution is 5.86. The number of carbonyl (C=O) groups is 2. The molecule has 0 radical (unpaired) electrons. The van der Waals surface area contributed by atoms with E-state index in [2.05, 4.69) is 13.8 Å². The third-order valence-electron chi connectivity index (χ3n) is 5.04. The molecule has 0 aromatic heterocycles. The number of unbranched alkanes of at least 4 members (excludes halogenated alkanes) is 2. The van der Waals surface area contributed by atoms with Crippen molar-refractivity contribution >= 4 is 11.9 Å². The standard InChI is InChI=1S/C17H29NO3/c1-3-5-8-11-21-16(19)12-18-15(4-2)13-9-6-7-10-14(13)17(18)20/h13-15H,3-12H2,1-2H3/t13-,14-,15+/m1/s1.